The molecule has 3 heterocycles. The molecule has 1 atom stereocenters. The average molecular weight is 481 g/mol. The first-order valence-corrected chi connectivity index (χ1v) is 11.1. The van der Waals surface area contributed by atoms with Crippen LogP contribution >= 0.6 is 15.9 Å². The number of piperazine rings is 1. The summed E-state index contributed by atoms with van der Waals surface area (Å²) >= 11 is 3.49. The van der Waals surface area contributed by atoms with E-state index in [2.05, 4.69) is 73.0 Å². The number of guanidine groups is 1. The van der Waals surface area contributed by atoms with Gasteiger partial charge in [0.05, 0.1) is 17.1 Å². The van der Waals surface area contributed by atoms with Crippen LogP contribution in [0.4, 0.5) is 11.5 Å². The molecule has 1 aliphatic rings. The molecule has 2 aromatic heterocycles. The average Bonchev–Trinajstić information content (AvgIpc) is 3.14. The zero-order valence-electron chi connectivity index (χ0n) is 17.8. The number of halogens is 1. The molecule has 0 radical (unpaired) electrons. The molecule has 1 fully saturated rings. The van der Waals surface area contributed by atoms with E-state index in [-0.39, 0.29) is 6.04 Å². The second-order valence-corrected chi connectivity index (χ2v) is 8.91. The molecule has 31 heavy (non-hydrogen) atoms. The number of aliphatic imine (C=N–C) groups is 1. The highest BCUT2D eigenvalue weighted by atomic mass is 79.9. The second kappa shape index (κ2) is 8.94. The van der Waals surface area contributed by atoms with Gasteiger partial charge in [-0.25, -0.2) is 15.0 Å². The van der Waals surface area contributed by atoms with Crippen LogP contribution in [0.3, 0.4) is 0 Å². The van der Waals surface area contributed by atoms with Gasteiger partial charge in [0.1, 0.15) is 17.8 Å². The van der Waals surface area contributed by atoms with Crippen molar-refractivity contribution in [3.05, 3.63) is 46.8 Å². The maximum Gasteiger partial charge on any atom is 0.212 e. The number of nitriles is 1. The molecule has 1 aromatic carbocycles. The molecule has 1 unspecified atom stereocenters. The maximum absolute atomic E-state index is 9.37. The molecule has 9 heteroatoms. The highest BCUT2D eigenvalue weighted by molar-refractivity contribution is 9.10. The Morgan fingerprint density at radius 3 is 2.94 bits per heavy atom. The van der Waals surface area contributed by atoms with Gasteiger partial charge in [-0.3, -0.25) is 5.32 Å². The summed E-state index contributed by atoms with van der Waals surface area (Å²) in [7, 11) is 0. The first-order valence-electron chi connectivity index (χ1n) is 10.3. The molecule has 8 nitrogen and oxygen atoms in total. The number of anilines is 1. The molecular weight excluding hydrogens is 456 g/mol. The normalized spacial score (nSPS) is 17.3. The predicted octanol–water partition coefficient (Wildman–Crippen LogP) is 3.93. The van der Waals surface area contributed by atoms with Crippen LogP contribution in [0.5, 0.6) is 0 Å². The third-order valence-electron chi connectivity index (χ3n) is 5.62. The molecular formula is C22H25BrN8. The SMILES string of the molecule is Cc1c[nH]c2ncnc(N3CCN(C(=Nc4cccc(Br)c4)NC#N)C(C(C)C)C3)c12. The van der Waals surface area contributed by atoms with Crippen molar-refractivity contribution in [2.75, 3.05) is 24.5 Å². The van der Waals surface area contributed by atoms with Gasteiger partial charge in [0, 0.05) is 30.3 Å². The molecule has 160 valence electrons. The topological polar surface area (TPSA) is 96.2 Å². The minimum Gasteiger partial charge on any atom is -0.352 e. The number of nitrogens with zero attached hydrogens (tertiary/aromatic N) is 6. The fraction of sp³-hybridized carbons (Fsp3) is 0.364. The molecule has 0 spiro atoms. The van der Waals surface area contributed by atoms with E-state index in [1.54, 1.807) is 6.33 Å². The third-order valence-corrected chi connectivity index (χ3v) is 6.11. The molecule has 1 aliphatic heterocycles. The Labute approximate surface area is 190 Å². The number of aryl methyl sites for hydroxylation is 1. The van der Waals surface area contributed by atoms with Gasteiger partial charge in [-0.15, -0.1) is 0 Å². The molecule has 3 aromatic rings. The highest BCUT2D eigenvalue weighted by Gasteiger charge is 2.33. The summed E-state index contributed by atoms with van der Waals surface area (Å²) in [5, 5.41) is 13.2. The van der Waals surface area contributed by atoms with Crippen molar-refractivity contribution in [3.8, 4) is 6.19 Å². The summed E-state index contributed by atoms with van der Waals surface area (Å²) < 4.78 is 0.949. The smallest absolute Gasteiger partial charge is 0.212 e. The van der Waals surface area contributed by atoms with Gasteiger partial charge in [0.15, 0.2) is 6.19 Å². The van der Waals surface area contributed by atoms with Gasteiger partial charge in [-0.2, -0.15) is 5.26 Å². The van der Waals surface area contributed by atoms with E-state index in [9.17, 15) is 5.26 Å². The Bertz CT molecular complexity index is 1150. The number of benzene rings is 1. The minimum absolute atomic E-state index is 0.157. The zero-order valence-corrected chi connectivity index (χ0v) is 19.4. The molecule has 0 amide bonds. The van der Waals surface area contributed by atoms with Crippen LogP contribution < -0.4 is 10.2 Å². The third kappa shape index (κ3) is 4.35. The number of aromatic nitrogens is 3. The van der Waals surface area contributed by atoms with Crippen molar-refractivity contribution in [2.24, 2.45) is 10.9 Å². The van der Waals surface area contributed by atoms with E-state index in [0.29, 0.717) is 11.9 Å². The first kappa shape index (κ1) is 21.1. The Morgan fingerprint density at radius 1 is 1.35 bits per heavy atom. The van der Waals surface area contributed by atoms with Crippen LogP contribution in [-0.4, -0.2) is 51.5 Å². The zero-order chi connectivity index (χ0) is 22.0. The van der Waals surface area contributed by atoms with Crippen LogP contribution in [0.15, 0.2) is 46.3 Å². The van der Waals surface area contributed by atoms with Crippen molar-refractivity contribution in [1.82, 2.24) is 25.2 Å². The van der Waals surface area contributed by atoms with Crippen molar-refractivity contribution in [1.29, 1.82) is 5.26 Å². The van der Waals surface area contributed by atoms with Gasteiger partial charge in [-0.1, -0.05) is 35.8 Å². The van der Waals surface area contributed by atoms with Gasteiger partial charge in [-0.05, 0) is 36.6 Å². The lowest BCUT2D eigenvalue weighted by Crippen LogP contribution is -2.59. The number of nitrogens with one attached hydrogen (secondary N) is 2. The van der Waals surface area contributed by atoms with Gasteiger partial charge >= 0.3 is 0 Å². The maximum atomic E-state index is 9.37. The fourth-order valence-corrected chi connectivity index (χ4v) is 4.44. The summed E-state index contributed by atoms with van der Waals surface area (Å²) in [4.78, 5) is 21.5. The van der Waals surface area contributed by atoms with E-state index in [0.717, 1.165) is 52.2 Å². The quantitative estimate of drug-likeness (QED) is 0.255. The number of aromatic amines is 1. The number of fused-ring (bicyclic) bond motifs is 1. The number of hydrogen-bond donors (Lipinski definition) is 2. The van der Waals surface area contributed by atoms with Crippen molar-refractivity contribution in [3.63, 3.8) is 0 Å². The van der Waals surface area contributed by atoms with Crippen molar-refractivity contribution >= 4 is 44.4 Å². The van der Waals surface area contributed by atoms with Crippen molar-refractivity contribution < 1.29 is 0 Å². The van der Waals surface area contributed by atoms with E-state index in [1.165, 1.54) is 0 Å². The number of rotatable bonds is 3. The van der Waals surface area contributed by atoms with Gasteiger partial charge < -0.3 is 14.8 Å². The Kier molecular flexibility index (Phi) is 6.09. The number of H-pyrrole nitrogens is 1. The van der Waals surface area contributed by atoms with Crippen LogP contribution in [0.2, 0.25) is 0 Å². The molecule has 2 N–H and O–H groups in total. The summed E-state index contributed by atoms with van der Waals surface area (Å²) in [5.41, 5.74) is 2.78. The summed E-state index contributed by atoms with van der Waals surface area (Å²) in [6.45, 7) is 8.73. The predicted molar refractivity (Wildman–Crippen MR) is 126 cm³/mol. The van der Waals surface area contributed by atoms with Gasteiger partial charge in [0.25, 0.3) is 0 Å². The van der Waals surface area contributed by atoms with Crippen LogP contribution in [0.25, 0.3) is 11.0 Å². The fourth-order valence-electron chi connectivity index (χ4n) is 4.06. The summed E-state index contributed by atoms with van der Waals surface area (Å²) in [6.07, 6.45) is 5.64. The van der Waals surface area contributed by atoms with E-state index in [1.807, 2.05) is 30.5 Å². The highest BCUT2D eigenvalue weighted by Crippen LogP contribution is 2.29. The summed E-state index contributed by atoms with van der Waals surface area (Å²) in [6, 6.07) is 7.91. The Hall–Kier alpha value is -3.12. The van der Waals surface area contributed by atoms with Gasteiger partial charge in [0.2, 0.25) is 5.96 Å². The second-order valence-electron chi connectivity index (χ2n) is 8.00. The van der Waals surface area contributed by atoms with E-state index >= 15 is 0 Å². The van der Waals surface area contributed by atoms with Crippen LogP contribution in [0.1, 0.15) is 19.4 Å². The molecule has 4 rings (SSSR count). The monoisotopic (exact) mass is 480 g/mol. The van der Waals surface area contributed by atoms with Crippen LogP contribution in [-0.2, 0) is 0 Å². The largest absolute Gasteiger partial charge is 0.352 e. The lowest BCUT2D eigenvalue weighted by Gasteiger charge is -2.44. The lowest BCUT2D eigenvalue weighted by molar-refractivity contribution is 0.220. The lowest BCUT2D eigenvalue weighted by atomic mass is 9.99. The number of hydrogen-bond acceptors (Lipinski definition) is 5. The molecule has 0 saturated carbocycles. The Balaban J connectivity index is 1.66. The van der Waals surface area contributed by atoms with E-state index in [4.69, 9.17) is 4.99 Å². The Morgan fingerprint density at radius 2 is 2.19 bits per heavy atom. The minimum atomic E-state index is 0.157. The van der Waals surface area contributed by atoms with Crippen LogP contribution in [0, 0.1) is 24.3 Å². The molecule has 1 saturated heterocycles. The van der Waals surface area contributed by atoms with Crippen molar-refractivity contribution in [2.45, 2.75) is 26.8 Å². The summed E-state index contributed by atoms with van der Waals surface area (Å²) in [5.74, 6) is 1.87. The molecule has 0 bridgehead atoms. The first-order chi connectivity index (χ1) is 15.0. The standard InChI is InChI=1S/C22H25BrN8/c1-14(2)18-11-30(21-19-15(3)10-25-20(19)27-13-28-21)7-8-31(18)22(26-12-24)29-17-6-4-5-16(23)9-17/h4-6,9-10,13-14,18H,7-8,11H2,1-3H3,(H,26,29)(H,25,27,28). The molecule has 0 aliphatic carbocycles. The van der Waals surface area contributed by atoms with E-state index < -0.39 is 0 Å².